The number of anilines is 2. The van der Waals surface area contributed by atoms with Gasteiger partial charge in [0.25, 0.3) is 0 Å². The fourth-order valence-corrected chi connectivity index (χ4v) is 2.16. The minimum atomic E-state index is 0.475. The summed E-state index contributed by atoms with van der Waals surface area (Å²) in [6.45, 7) is 0. The van der Waals surface area contributed by atoms with Crippen LogP contribution in [0.3, 0.4) is 0 Å². The van der Waals surface area contributed by atoms with Crippen LogP contribution in [0.15, 0.2) is 35.0 Å². The van der Waals surface area contributed by atoms with Gasteiger partial charge in [-0.25, -0.2) is 4.63 Å². The molecule has 102 valence electrons. The van der Waals surface area contributed by atoms with Gasteiger partial charge in [-0.1, -0.05) is 23.2 Å². The molecular formula is C13H9Cl2N3O2. The summed E-state index contributed by atoms with van der Waals surface area (Å²) in [6, 6.07) is 8.81. The highest BCUT2D eigenvalue weighted by atomic mass is 35.5. The predicted molar refractivity (Wildman–Crippen MR) is 78.1 cm³/mol. The van der Waals surface area contributed by atoms with Crippen LogP contribution in [0, 0.1) is 0 Å². The van der Waals surface area contributed by atoms with Gasteiger partial charge in [-0.3, -0.25) is 0 Å². The van der Waals surface area contributed by atoms with Crippen LogP contribution in [0.5, 0.6) is 5.75 Å². The Labute approximate surface area is 124 Å². The van der Waals surface area contributed by atoms with Gasteiger partial charge in [0.15, 0.2) is 11.0 Å². The molecule has 3 aromatic rings. The van der Waals surface area contributed by atoms with E-state index in [2.05, 4.69) is 15.6 Å². The zero-order valence-corrected chi connectivity index (χ0v) is 11.9. The van der Waals surface area contributed by atoms with Crippen molar-refractivity contribution in [3.63, 3.8) is 0 Å². The average Bonchev–Trinajstić information content (AvgIpc) is 2.94. The molecule has 2 aromatic carbocycles. The molecule has 0 unspecified atom stereocenters. The Morgan fingerprint density at radius 1 is 1.00 bits per heavy atom. The fourth-order valence-electron chi connectivity index (χ4n) is 1.81. The second-order valence-corrected chi connectivity index (χ2v) is 4.84. The third-order valence-electron chi connectivity index (χ3n) is 2.81. The van der Waals surface area contributed by atoms with Crippen molar-refractivity contribution < 1.29 is 9.37 Å². The van der Waals surface area contributed by atoms with Crippen LogP contribution in [-0.2, 0) is 0 Å². The highest BCUT2D eigenvalue weighted by Crippen LogP contribution is 2.33. The maximum atomic E-state index is 6.16. The molecule has 7 heteroatoms. The van der Waals surface area contributed by atoms with Crippen molar-refractivity contribution in [3.05, 3.63) is 40.4 Å². The number of aromatic nitrogens is 2. The maximum Gasteiger partial charge on any atom is 0.160 e. The lowest BCUT2D eigenvalue weighted by molar-refractivity contribution is 0.315. The second kappa shape index (κ2) is 5.19. The molecule has 0 bridgehead atoms. The summed E-state index contributed by atoms with van der Waals surface area (Å²) in [7, 11) is 1.59. The van der Waals surface area contributed by atoms with Crippen molar-refractivity contribution in [2.24, 2.45) is 0 Å². The van der Waals surface area contributed by atoms with E-state index in [1.54, 1.807) is 37.4 Å². The molecule has 1 N–H and O–H groups in total. The van der Waals surface area contributed by atoms with E-state index in [9.17, 15) is 0 Å². The van der Waals surface area contributed by atoms with E-state index >= 15 is 0 Å². The Balaban J connectivity index is 2.05. The molecule has 1 heterocycles. The molecule has 0 fully saturated rings. The van der Waals surface area contributed by atoms with E-state index in [0.717, 1.165) is 0 Å². The number of hydrogen-bond donors (Lipinski definition) is 1. The van der Waals surface area contributed by atoms with Crippen LogP contribution in [0.25, 0.3) is 11.0 Å². The molecule has 5 nitrogen and oxygen atoms in total. The summed E-state index contributed by atoms with van der Waals surface area (Å²) in [5.41, 5.74) is 2.42. The van der Waals surface area contributed by atoms with Crippen LogP contribution >= 0.6 is 23.2 Å². The van der Waals surface area contributed by atoms with Crippen LogP contribution in [0.2, 0.25) is 10.0 Å². The van der Waals surface area contributed by atoms with Gasteiger partial charge in [-0.05, 0) is 34.6 Å². The van der Waals surface area contributed by atoms with Crippen LogP contribution in [-0.4, -0.2) is 17.4 Å². The highest BCUT2D eigenvalue weighted by Gasteiger charge is 2.12. The topological polar surface area (TPSA) is 60.2 Å². The first kappa shape index (κ1) is 13.0. The number of benzene rings is 2. The largest absolute Gasteiger partial charge is 0.497 e. The highest BCUT2D eigenvalue weighted by molar-refractivity contribution is 6.35. The third kappa shape index (κ3) is 2.26. The molecule has 0 saturated heterocycles. The van der Waals surface area contributed by atoms with E-state index in [0.29, 0.717) is 38.2 Å². The van der Waals surface area contributed by atoms with Gasteiger partial charge in [0, 0.05) is 6.07 Å². The minimum absolute atomic E-state index is 0.475. The van der Waals surface area contributed by atoms with Crippen molar-refractivity contribution >= 4 is 45.6 Å². The minimum Gasteiger partial charge on any atom is -0.497 e. The summed E-state index contributed by atoms with van der Waals surface area (Å²) in [5.74, 6) is 0.695. The number of rotatable bonds is 3. The zero-order valence-electron chi connectivity index (χ0n) is 10.4. The number of nitrogens with zero attached hydrogens (tertiary/aromatic N) is 2. The molecular weight excluding hydrogens is 301 g/mol. The Kier molecular flexibility index (Phi) is 3.38. The molecule has 1 aromatic heterocycles. The SMILES string of the molecule is COc1ccc(Cl)c(Nc2ccc(Cl)c3nonc23)c1. The molecule has 0 spiro atoms. The van der Waals surface area contributed by atoms with E-state index in [-0.39, 0.29) is 0 Å². The quantitative estimate of drug-likeness (QED) is 0.782. The Hall–Kier alpha value is -1.98. The van der Waals surface area contributed by atoms with Gasteiger partial charge in [-0.2, -0.15) is 0 Å². The van der Waals surface area contributed by atoms with Gasteiger partial charge in [0.05, 0.1) is 28.5 Å². The summed E-state index contributed by atoms with van der Waals surface area (Å²) in [6.07, 6.45) is 0. The van der Waals surface area contributed by atoms with Gasteiger partial charge < -0.3 is 10.1 Å². The fraction of sp³-hybridized carbons (Fsp3) is 0.0769. The second-order valence-electron chi connectivity index (χ2n) is 4.03. The van der Waals surface area contributed by atoms with Crippen molar-refractivity contribution in [2.45, 2.75) is 0 Å². The Bertz CT molecular complexity index is 773. The number of methoxy groups -OCH3 is 1. The zero-order chi connectivity index (χ0) is 14.1. The summed E-state index contributed by atoms with van der Waals surface area (Å²) < 4.78 is 9.89. The monoisotopic (exact) mass is 309 g/mol. The molecule has 0 saturated carbocycles. The lowest BCUT2D eigenvalue weighted by atomic mass is 10.2. The lowest BCUT2D eigenvalue weighted by Crippen LogP contribution is -1.94. The third-order valence-corrected chi connectivity index (χ3v) is 3.44. The van der Waals surface area contributed by atoms with Gasteiger partial charge >= 0.3 is 0 Å². The summed E-state index contributed by atoms with van der Waals surface area (Å²) in [4.78, 5) is 0. The molecule has 0 radical (unpaired) electrons. The normalized spacial score (nSPS) is 10.8. The predicted octanol–water partition coefficient (Wildman–Crippen LogP) is 4.28. The molecule has 20 heavy (non-hydrogen) atoms. The van der Waals surface area contributed by atoms with Gasteiger partial charge in [-0.15, -0.1) is 0 Å². The van der Waals surface area contributed by atoms with E-state index in [1.807, 2.05) is 0 Å². The number of halogens is 2. The standard InChI is InChI=1S/C13H9Cl2N3O2/c1-19-7-2-3-8(14)11(6-7)16-10-5-4-9(15)12-13(10)18-20-17-12/h2-6,16H,1H3. The molecule has 0 aliphatic heterocycles. The Morgan fingerprint density at radius 2 is 1.75 bits per heavy atom. The summed E-state index contributed by atoms with van der Waals surface area (Å²) in [5, 5.41) is 11.8. The van der Waals surface area contributed by atoms with Crippen LogP contribution < -0.4 is 10.1 Å². The van der Waals surface area contributed by atoms with Gasteiger partial charge in [0.1, 0.15) is 5.75 Å². The summed E-state index contributed by atoms with van der Waals surface area (Å²) >= 11 is 12.2. The first-order valence-electron chi connectivity index (χ1n) is 5.70. The smallest absolute Gasteiger partial charge is 0.160 e. The first-order valence-corrected chi connectivity index (χ1v) is 6.46. The average molecular weight is 310 g/mol. The van der Waals surface area contributed by atoms with Crippen molar-refractivity contribution in [1.82, 2.24) is 10.3 Å². The maximum absolute atomic E-state index is 6.16. The molecule has 0 aliphatic rings. The van der Waals surface area contributed by atoms with E-state index in [4.69, 9.17) is 32.6 Å². The van der Waals surface area contributed by atoms with E-state index < -0.39 is 0 Å². The molecule has 0 amide bonds. The number of nitrogens with one attached hydrogen (secondary N) is 1. The molecule has 3 rings (SSSR count). The molecule has 0 aliphatic carbocycles. The Morgan fingerprint density at radius 3 is 2.55 bits per heavy atom. The van der Waals surface area contributed by atoms with Crippen molar-refractivity contribution in [1.29, 1.82) is 0 Å². The van der Waals surface area contributed by atoms with Crippen LogP contribution in [0.4, 0.5) is 11.4 Å². The van der Waals surface area contributed by atoms with Crippen molar-refractivity contribution in [3.8, 4) is 5.75 Å². The first-order chi connectivity index (χ1) is 9.69. The lowest BCUT2D eigenvalue weighted by Gasteiger charge is -2.10. The number of hydrogen-bond acceptors (Lipinski definition) is 5. The number of ether oxygens (including phenoxy) is 1. The van der Waals surface area contributed by atoms with E-state index in [1.165, 1.54) is 0 Å². The van der Waals surface area contributed by atoms with Crippen molar-refractivity contribution in [2.75, 3.05) is 12.4 Å². The van der Waals surface area contributed by atoms with Gasteiger partial charge in [0.2, 0.25) is 0 Å². The molecule has 0 atom stereocenters. The number of fused-ring (bicyclic) bond motifs is 1. The van der Waals surface area contributed by atoms with Crippen LogP contribution in [0.1, 0.15) is 0 Å².